The lowest BCUT2D eigenvalue weighted by Crippen LogP contribution is -2.40. The SMILES string of the molecule is Fc1cc(CNC2=NCCCN2)c2c(c1)COCO2.I. The highest BCUT2D eigenvalue weighted by Crippen LogP contribution is 2.29. The standard InChI is InChI=1S/C13H16FN3O2.HI/c14-11-4-9(6-17-13-15-2-1-3-16-13)12-10(5-11)7-18-8-19-12;/h4-5H,1-3,6-8H2,(H2,15,16,17);1H. The van der Waals surface area contributed by atoms with Gasteiger partial charge >= 0.3 is 0 Å². The van der Waals surface area contributed by atoms with Crippen molar-refractivity contribution in [2.75, 3.05) is 19.9 Å². The van der Waals surface area contributed by atoms with E-state index in [0.717, 1.165) is 42.3 Å². The van der Waals surface area contributed by atoms with Crippen LogP contribution >= 0.6 is 24.0 Å². The van der Waals surface area contributed by atoms with Crippen molar-refractivity contribution in [2.45, 2.75) is 19.6 Å². The summed E-state index contributed by atoms with van der Waals surface area (Å²) in [6, 6.07) is 2.94. The van der Waals surface area contributed by atoms with Gasteiger partial charge in [0.05, 0.1) is 6.61 Å². The Morgan fingerprint density at radius 1 is 1.40 bits per heavy atom. The first-order valence-corrected chi connectivity index (χ1v) is 6.37. The van der Waals surface area contributed by atoms with Crippen LogP contribution in [0.5, 0.6) is 5.75 Å². The van der Waals surface area contributed by atoms with E-state index in [1.54, 1.807) is 0 Å². The maximum absolute atomic E-state index is 13.5. The minimum Gasteiger partial charge on any atom is -0.467 e. The van der Waals surface area contributed by atoms with Gasteiger partial charge in [0.15, 0.2) is 12.8 Å². The highest BCUT2D eigenvalue weighted by Gasteiger charge is 2.17. The number of rotatable bonds is 2. The molecular formula is C13H17FIN3O2. The van der Waals surface area contributed by atoms with Gasteiger partial charge in [0.1, 0.15) is 11.6 Å². The van der Waals surface area contributed by atoms with Gasteiger partial charge in [-0.25, -0.2) is 4.39 Å². The monoisotopic (exact) mass is 393 g/mol. The summed E-state index contributed by atoms with van der Waals surface area (Å²) in [4.78, 5) is 4.31. The third kappa shape index (κ3) is 3.51. The van der Waals surface area contributed by atoms with Gasteiger partial charge in [0.2, 0.25) is 0 Å². The molecule has 2 aliphatic heterocycles. The van der Waals surface area contributed by atoms with Crippen LogP contribution in [0.25, 0.3) is 0 Å². The molecule has 0 aliphatic carbocycles. The van der Waals surface area contributed by atoms with Crippen molar-refractivity contribution in [3.63, 3.8) is 0 Å². The molecule has 0 radical (unpaired) electrons. The predicted octanol–water partition coefficient (Wildman–Crippen LogP) is 1.75. The number of nitrogens with one attached hydrogen (secondary N) is 2. The van der Waals surface area contributed by atoms with E-state index in [1.165, 1.54) is 12.1 Å². The summed E-state index contributed by atoms with van der Waals surface area (Å²) < 4.78 is 24.2. The quantitative estimate of drug-likeness (QED) is 0.752. The first-order valence-electron chi connectivity index (χ1n) is 6.37. The summed E-state index contributed by atoms with van der Waals surface area (Å²) >= 11 is 0. The van der Waals surface area contributed by atoms with E-state index in [9.17, 15) is 4.39 Å². The highest BCUT2D eigenvalue weighted by molar-refractivity contribution is 14.0. The van der Waals surface area contributed by atoms with Crippen molar-refractivity contribution in [1.82, 2.24) is 10.6 Å². The van der Waals surface area contributed by atoms with Gasteiger partial charge in [-0.2, -0.15) is 0 Å². The minimum atomic E-state index is -0.275. The molecule has 0 bridgehead atoms. The fraction of sp³-hybridized carbons (Fsp3) is 0.462. The smallest absolute Gasteiger partial charge is 0.191 e. The van der Waals surface area contributed by atoms with Crippen LogP contribution in [0.3, 0.4) is 0 Å². The molecule has 2 N–H and O–H groups in total. The molecule has 0 fully saturated rings. The van der Waals surface area contributed by atoms with E-state index < -0.39 is 0 Å². The summed E-state index contributed by atoms with van der Waals surface area (Å²) in [7, 11) is 0. The maximum atomic E-state index is 13.5. The Morgan fingerprint density at radius 2 is 2.30 bits per heavy atom. The second-order valence-electron chi connectivity index (χ2n) is 4.53. The van der Waals surface area contributed by atoms with Gasteiger partial charge in [-0.05, 0) is 18.6 Å². The Bertz CT molecular complexity index is 511. The molecule has 0 spiro atoms. The second kappa shape index (κ2) is 7.07. The molecule has 20 heavy (non-hydrogen) atoms. The first kappa shape index (κ1) is 15.3. The summed E-state index contributed by atoms with van der Waals surface area (Å²) in [6.07, 6.45) is 1.04. The van der Waals surface area contributed by atoms with Gasteiger partial charge in [0, 0.05) is 30.8 Å². The Kier molecular flexibility index (Phi) is 5.41. The number of nitrogens with zero attached hydrogens (tertiary/aromatic N) is 1. The normalized spacial score (nSPS) is 16.9. The molecule has 1 aromatic rings. The van der Waals surface area contributed by atoms with Gasteiger partial charge in [-0.1, -0.05) is 0 Å². The van der Waals surface area contributed by atoms with E-state index in [0.29, 0.717) is 13.2 Å². The Hall–Kier alpha value is -1.09. The Morgan fingerprint density at radius 3 is 3.10 bits per heavy atom. The molecule has 2 aliphatic rings. The van der Waals surface area contributed by atoms with Crippen LogP contribution in [0.1, 0.15) is 17.5 Å². The van der Waals surface area contributed by atoms with Gasteiger partial charge in [-0.15, -0.1) is 24.0 Å². The van der Waals surface area contributed by atoms with Gasteiger partial charge in [-0.3, -0.25) is 4.99 Å². The summed E-state index contributed by atoms with van der Waals surface area (Å²) in [5.41, 5.74) is 1.54. The maximum Gasteiger partial charge on any atom is 0.191 e. The molecule has 0 amide bonds. The van der Waals surface area contributed by atoms with Crippen LogP contribution < -0.4 is 15.4 Å². The van der Waals surface area contributed by atoms with Gasteiger partial charge < -0.3 is 20.1 Å². The average Bonchev–Trinajstić information content (AvgIpc) is 2.45. The van der Waals surface area contributed by atoms with Crippen LogP contribution in [0.4, 0.5) is 4.39 Å². The topological polar surface area (TPSA) is 54.9 Å². The number of hydrogen-bond acceptors (Lipinski definition) is 5. The van der Waals surface area contributed by atoms with E-state index in [1.807, 2.05) is 0 Å². The van der Waals surface area contributed by atoms with Crippen molar-refractivity contribution in [3.8, 4) is 5.75 Å². The zero-order valence-corrected chi connectivity index (χ0v) is 13.3. The Labute approximate surface area is 134 Å². The van der Waals surface area contributed by atoms with Crippen molar-refractivity contribution in [2.24, 2.45) is 4.99 Å². The molecule has 2 heterocycles. The van der Waals surface area contributed by atoms with Gasteiger partial charge in [0.25, 0.3) is 0 Å². The number of benzene rings is 1. The number of ether oxygens (including phenoxy) is 2. The molecule has 0 aromatic heterocycles. The molecule has 0 unspecified atom stereocenters. The van der Waals surface area contributed by atoms with E-state index in [4.69, 9.17) is 9.47 Å². The van der Waals surface area contributed by atoms with Crippen molar-refractivity contribution >= 4 is 29.9 Å². The van der Waals surface area contributed by atoms with Crippen LogP contribution in [0.2, 0.25) is 0 Å². The largest absolute Gasteiger partial charge is 0.467 e. The molecule has 7 heteroatoms. The lowest BCUT2D eigenvalue weighted by molar-refractivity contribution is -0.0172. The number of halogens is 2. The van der Waals surface area contributed by atoms with Crippen LogP contribution in [0, 0.1) is 5.82 Å². The first-order chi connectivity index (χ1) is 9.33. The molecule has 3 rings (SSSR count). The summed E-state index contributed by atoms with van der Waals surface area (Å²) in [5, 5.41) is 6.33. The third-order valence-corrected chi connectivity index (χ3v) is 3.10. The molecule has 0 atom stereocenters. The van der Waals surface area contributed by atoms with Crippen molar-refractivity contribution in [3.05, 3.63) is 29.1 Å². The number of guanidine groups is 1. The molecular weight excluding hydrogens is 376 g/mol. The lowest BCUT2D eigenvalue weighted by atomic mass is 10.1. The fourth-order valence-corrected chi connectivity index (χ4v) is 2.22. The zero-order chi connectivity index (χ0) is 13.1. The van der Waals surface area contributed by atoms with Crippen LogP contribution in [-0.4, -0.2) is 25.8 Å². The molecule has 1 aromatic carbocycles. The predicted molar refractivity (Wildman–Crippen MR) is 83.9 cm³/mol. The minimum absolute atomic E-state index is 0. The molecule has 5 nitrogen and oxygen atoms in total. The summed E-state index contributed by atoms with van der Waals surface area (Å²) in [6.45, 7) is 2.81. The zero-order valence-electron chi connectivity index (χ0n) is 10.9. The molecule has 110 valence electrons. The van der Waals surface area contributed by atoms with Crippen molar-refractivity contribution < 1.29 is 13.9 Å². The van der Waals surface area contributed by atoms with E-state index >= 15 is 0 Å². The second-order valence-corrected chi connectivity index (χ2v) is 4.53. The number of aliphatic imine (C=N–C) groups is 1. The highest BCUT2D eigenvalue weighted by atomic mass is 127. The van der Waals surface area contributed by atoms with Crippen LogP contribution in [0.15, 0.2) is 17.1 Å². The van der Waals surface area contributed by atoms with Crippen molar-refractivity contribution in [1.29, 1.82) is 0 Å². The summed E-state index contributed by atoms with van der Waals surface area (Å²) in [5.74, 6) is 1.20. The van der Waals surface area contributed by atoms with E-state index in [-0.39, 0.29) is 36.6 Å². The Balaban J connectivity index is 0.00000147. The number of fused-ring (bicyclic) bond motifs is 1. The third-order valence-electron chi connectivity index (χ3n) is 3.10. The van der Waals surface area contributed by atoms with Crippen LogP contribution in [-0.2, 0) is 17.9 Å². The fourth-order valence-electron chi connectivity index (χ4n) is 2.22. The molecule has 0 saturated carbocycles. The number of hydrogen-bond donors (Lipinski definition) is 2. The lowest BCUT2D eigenvalue weighted by Gasteiger charge is -2.22. The van der Waals surface area contributed by atoms with E-state index in [2.05, 4.69) is 15.6 Å². The molecule has 0 saturated heterocycles. The average molecular weight is 393 g/mol.